The summed E-state index contributed by atoms with van der Waals surface area (Å²) in [4.78, 5) is 32.7. The van der Waals surface area contributed by atoms with Gasteiger partial charge in [0.1, 0.15) is 18.1 Å². The lowest BCUT2D eigenvalue weighted by Gasteiger charge is -2.24. The van der Waals surface area contributed by atoms with Crippen molar-refractivity contribution >= 4 is 17.8 Å². The third kappa shape index (κ3) is 6.26. The number of hydrogen-bond donors (Lipinski definition) is 1. The number of ether oxygens (including phenoxy) is 1. The minimum Gasteiger partial charge on any atom is -0.497 e. The summed E-state index contributed by atoms with van der Waals surface area (Å²) in [6.45, 7) is 5.86. The van der Waals surface area contributed by atoms with Crippen LogP contribution in [0.1, 0.15) is 29.8 Å². The molecule has 4 rings (SSSR count). The summed E-state index contributed by atoms with van der Waals surface area (Å²) < 4.78 is 21.3. The maximum absolute atomic E-state index is 14.4. The summed E-state index contributed by atoms with van der Waals surface area (Å²) in [5.74, 6) is -0.120. The van der Waals surface area contributed by atoms with Crippen LogP contribution in [0.3, 0.4) is 0 Å². The maximum Gasteiger partial charge on any atom is 0.254 e. The molecule has 0 atom stereocenters. The van der Waals surface area contributed by atoms with Gasteiger partial charge in [0, 0.05) is 23.9 Å². The number of aromatic nitrogens is 2. The Morgan fingerprint density at radius 3 is 2.50 bits per heavy atom. The normalized spacial score (nSPS) is 10.9. The average molecular weight is 515 g/mol. The second kappa shape index (κ2) is 11.7. The first kappa shape index (κ1) is 26.6. The van der Waals surface area contributed by atoms with Gasteiger partial charge >= 0.3 is 0 Å². The fourth-order valence-corrected chi connectivity index (χ4v) is 4.08. The van der Waals surface area contributed by atoms with E-state index in [9.17, 15) is 14.0 Å². The largest absolute Gasteiger partial charge is 0.497 e. The molecule has 3 aromatic carbocycles. The maximum atomic E-state index is 14.4. The molecule has 0 aliphatic rings. The lowest BCUT2D eigenvalue weighted by molar-refractivity contribution is -0.117. The van der Waals surface area contributed by atoms with Crippen molar-refractivity contribution in [3.63, 3.8) is 0 Å². The van der Waals surface area contributed by atoms with E-state index in [0.29, 0.717) is 34.8 Å². The molecule has 1 aromatic heterocycles. The van der Waals surface area contributed by atoms with E-state index in [4.69, 9.17) is 4.74 Å². The van der Waals surface area contributed by atoms with Crippen LogP contribution in [0.4, 0.5) is 10.3 Å². The molecule has 4 aromatic rings. The van der Waals surface area contributed by atoms with Crippen LogP contribution in [0.25, 0.3) is 16.9 Å². The standard InChI is InChI=1S/C30H31FN4O3/c1-20(2)17-34(29(37)23-11-8-12-25(15-23)38-4)19-28(36)33-30-32-27(22-9-6-5-7-10-22)18-35(30)24-14-13-21(3)26(31)16-24/h5-16,18,20H,17,19H2,1-4H3,(H,32,33,36). The number of imidazole rings is 1. The van der Waals surface area contributed by atoms with E-state index in [1.807, 2.05) is 44.2 Å². The highest BCUT2D eigenvalue weighted by atomic mass is 19.1. The van der Waals surface area contributed by atoms with E-state index in [2.05, 4.69) is 10.3 Å². The fraction of sp³-hybridized carbons (Fsp3) is 0.233. The van der Waals surface area contributed by atoms with Gasteiger partial charge in [-0.3, -0.25) is 19.5 Å². The van der Waals surface area contributed by atoms with Crippen LogP contribution >= 0.6 is 0 Å². The number of aryl methyl sites for hydroxylation is 1. The van der Waals surface area contributed by atoms with Crippen molar-refractivity contribution in [3.05, 3.63) is 95.9 Å². The number of halogens is 1. The molecule has 2 amide bonds. The number of methoxy groups -OCH3 is 1. The van der Waals surface area contributed by atoms with Crippen molar-refractivity contribution in [2.75, 3.05) is 25.5 Å². The second-order valence-corrected chi connectivity index (χ2v) is 9.48. The van der Waals surface area contributed by atoms with Gasteiger partial charge in [-0.25, -0.2) is 9.37 Å². The molecule has 0 bridgehead atoms. The van der Waals surface area contributed by atoms with E-state index >= 15 is 0 Å². The smallest absolute Gasteiger partial charge is 0.254 e. The minimum atomic E-state index is -0.416. The fourth-order valence-electron chi connectivity index (χ4n) is 4.08. The van der Waals surface area contributed by atoms with E-state index in [1.165, 1.54) is 18.1 Å². The Balaban J connectivity index is 1.63. The van der Waals surface area contributed by atoms with Crippen LogP contribution in [-0.2, 0) is 4.79 Å². The van der Waals surface area contributed by atoms with Crippen molar-refractivity contribution in [1.82, 2.24) is 14.5 Å². The van der Waals surface area contributed by atoms with Gasteiger partial charge in [0.25, 0.3) is 5.91 Å². The van der Waals surface area contributed by atoms with Crippen molar-refractivity contribution in [3.8, 4) is 22.7 Å². The molecule has 196 valence electrons. The first-order valence-corrected chi connectivity index (χ1v) is 12.4. The van der Waals surface area contributed by atoms with Crippen LogP contribution in [0.15, 0.2) is 79.0 Å². The van der Waals surface area contributed by atoms with E-state index < -0.39 is 5.91 Å². The molecule has 0 saturated heterocycles. The zero-order chi connectivity index (χ0) is 27.2. The number of hydrogen-bond acceptors (Lipinski definition) is 4. The summed E-state index contributed by atoms with van der Waals surface area (Å²) >= 11 is 0. The van der Waals surface area contributed by atoms with Crippen LogP contribution in [0.2, 0.25) is 0 Å². The zero-order valence-corrected chi connectivity index (χ0v) is 21.9. The van der Waals surface area contributed by atoms with E-state index in [0.717, 1.165) is 5.56 Å². The third-order valence-corrected chi connectivity index (χ3v) is 5.98. The first-order chi connectivity index (χ1) is 18.2. The van der Waals surface area contributed by atoms with E-state index in [-0.39, 0.29) is 30.1 Å². The van der Waals surface area contributed by atoms with Crippen LogP contribution in [0, 0.1) is 18.7 Å². The predicted octanol–water partition coefficient (Wildman–Crippen LogP) is 5.73. The molecule has 1 N–H and O–H groups in total. The van der Waals surface area contributed by atoms with Gasteiger partial charge in [-0.1, -0.05) is 56.3 Å². The van der Waals surface area contributed by atoms with Gasteiger partial charge in [0.15, 0.2) is 0 Å². The molecule has 38 heavy (non-hydrogen) atoms. The van der Waals surface area contributed by atoms with Crippen LogP contribution < -0.4 is 10.1 Å². The highest BCUT2D eigenvalue weighted by Crippen LogP contribution is 2.25. The van der Waals surface area contributed by atoms with E-state index in [1.54, 1.807) is 54.1 Å². The average Bonchev–Trinajstić information content (AvgIpc) is 3.33. The van der Waals surface area contributed by atoms with Gasteiger partial charge in [0.05, 0.1) is 18.5 Å². The lowest BCUT2D eigenvalue weighted by atomic mass is 10.1. The Morgan fingerprint density at radius 2 is 1.82 bits per heavy atom. The molecule has 0 aliphatic carbocycles. The molecule has 0 radical (unpaired) electrons. The third-order valence-electron chi connectivity index (χ3n) is 5.98. The highest BCUT2D eigenvalue weighted by Gasteiger charge is 2.22. The monoisotopic (exact) mass is 514 g/mol. The summed E-state index contributed by atoms with van der Waals surface area (Å²) in [5.41, 5.74) is 2.94. The molecular formula is C30H31FN4O3. The molecule has 0 unspecified atom stereocenters. The van der Waals surface area contributed by atoms with Crippen molar-refractivity contribution in [2.45, 2.75) is 20.8 Å². The quantitative estimate of drug-likeness (QED) is 0.309. The minimum absolute atomic E-state index is 0.138. The van der Waals surface area contributed by atoms with Crippen molar-refractivity contribution in [2.24, 2.45) is 5.92 Å². The number of nitrogens with one attached hydrogen (secondary N) is 1. The Bertz CT molecular complexity index is 1430. The van der Waals surface area contributed by atoms with Gasteiger partial charge < -0.3 is 9.64 Å². The lowest BCUT2D eigenvalue weighted by Crippen LogP contribution is -2.40. The number of rotatable bonds is 9. The molecule has 0 spiro atoms. The molecule has 8 heteroatoms. The number of anilines is 1. The van der Waals surface area contributed by atoms with Gasteiger partial charge in [-0.15, -0.1) is 0 Å². The SMILES string of the molecule is COc1cccc(C(=O)N(CC(=O)Nc2nc(-c3ccccc3)cn2-c2ccc(C)c(F)c2)CC(C)C)c1. The predicted molar refractivity (Wildman–Crippen MR) is 146 cm³/mol. The Hall–Kier alpha value is -4.46. The highest BCUT2D eigenvalue weighted by molar-refractivity contribution is 5.99. The van der Waals surface area contributed by atoms with Crippen LogP contribution in [0.5, 0.6) is 5.75 Å². The Labute approximate surface area is 221 Å². The second-order valence-electron chi connectivity index (χ2n) is 9.48. The molecule has 7 nitrogen and oxygen atoms in total. The molecular weight excluding hydrogens is 483 g/mol. The topological polar surface area (TPSA) is 76.5 Å². The number of carbonyl (C=O) groups excluding carboxylic acids is 2. The molecule has 0 saturated carbocycles. The van der Waals surface area contributed by atoms with Gasteiger partial charge in [-0.05, 0) is 48.7 Å². The van der Waals surface area contributed by atoms with Crippen molar-refractivity contribution in [1.29, 1.82) is 0 Å². The summed E-state index contributed by atoms with van der Waals surface area (Å²) in [5, 5.41) is 2.84. The summed E-state index contributed by atoms with van der Waals surface area (Å²) in [6.07, 6.45) is 1.75. The first-order valence-electron chi connectivity index (χ1n) is 12.4. The Kier molecular flexibility index (Phi) is 8.21. The number of carbonyl (C=O) groups is 2. The number of amides is 2. The summed E-state index contributed by atoms with van der Waals surface area (Å²) in [7, 11) is 1.54. The molecule has 0 fully saturated rings. The van der Waals surface area contributed by atoms with Gasteiger partial charge in [0.2, 0.25) is 11.9 Å². The zero-order valence-electron chi connectivity index (χ0n) is 21.9. The number of benzene rings is 3. The molecule has 1 heterocycles. The number of nitrogens with zero attached hydrogens (tertiary/aromatic N) is 3. The Morgan fingerprint density at radius 1 is 1.05 bits per heavy atom. The molecule has 0 aliphatic heterocycles. The summed E-state index contributed by atoms with van der Waals surface area (Å²) in [6, 6.07) is 21.2. The van der Waals surface area contributed by atoms with Crippen molar-refractivity contribution < 1.29 is 18.7 Å². The van der Waals surface area contributed by atoms with Gasteiger partial charge in [-0.2, -0.15) is 0 Å². The van der Waals surface area contributed by atoms with Crippen LogP contribution in [-0.4, -0.2) is 46.5 Å².